The second kappa shape index (κ2) is 73.0. The summed E-state index contributed by atoms with van der Waals surface area (Å²) in [7, 11) is 0. The third-order valence-corrected chi connectivity index (χ3v) is 17.3. The second-order valence-electron chi connectivity index (χ2n) is 25.6. The van der Waals surface area contributed by atoms with Gasteiger partial charge in [0.25, 0.3) is 0 Å². The van der Waals surface area contributed by atoms with Crippen molar-refractivity contribution in [3.8, 4) is 0 Å². The van der Waals surface area contributed by atoms with Crippen molar-refractivity contribution in [2.45, 2.75) is 411 Å². The van der Waals surface area contributed by atoms with Gasteiger partial charge in [0.1, 0.15) is 0 Å². The Labute approximate surface area is 524 Å². The second-order valence-corrected chi connectivity index (χ2v) is 25.6. The van der Waals surface area contributed by atoms with E-state index in [0.29, 0.717) is 19.4 Å². The number of amides is 1. The summed E-state index contributed by atoms with van der Waals surface area (Å²) in [4.78, 5) is 24.6. The van der Waals surface area contributed by atoms with Crippen molar-refractivity contribution in [3.63, 3.8) is 0 Å². The maximum atomic E-state index is 12.5. The molecule has 2 unspecified atom stereocenters. The molecule has 3 N–H and O–H groups in total. The van der Waals surface area contributed by atoms with Gasteiger partial charge in [-0.05, 0) is 89.9 Å². The zero-order valence-corrected chi connectivity index (χ0v) is 56.4. The lowest BCUT2D eigenvalue weighted by atomic mass is 10.0. The first kappa shape index (κ1) is 81.6. The van der Waals surface area contributed by atoms with E-state index in [9.17, 15) is 19.8 Å². The molecule has 0 bridgehead atoms. The van der Waals surface area contributed by atoms with Crippen molar-refractivity contribution >= 4 is 11.9 Å². The molecule has 492 valence electrons. The van der Waals surface area contributed by atoms with E-state index in [-0.39, 0.29) is 18.5 Å². The predicted octanol–water partition coefficient (Wildman–Crippen LogP) is 24.6. The van der Waals surface area contributed by atoms with Gasteiger partial charge in [0, 0.05) is 12.8 Å². The van der Waals surface area contributed by atoms with Crippen LogP contribution in [0.1, 0.15) is 399 Å². The molecular weight excluding hydrogens is 1030 g/mol. The molecule has 2 atom stereocenters. The van der Waals surface area contributed by atoms with Gasteiger partial charge in [-0.15, -0.1) is 0 Å². The number of carbonyl (C=O) groups excluding carboxylic acids is 2. The summed E-state index contributed by atoms with van der Waals surface area (Å²) in [5, 5.41) is 23.3. The number of hydrogen-bond donors (Lipinski definition) is 3. The minimum absolute atomic E-state index is 0.00179. The molecule has 0 spiro atoms. The van der Waals surface area contributed by atoms with Crippen molar-refractivity contribution in [2.24, 2.45) is 0 Å². The molecule has 6 heteroatoms. The van der Waals surface area contributed by atoms with Gasteiger partial charge in [-0.1, -0.05) is 357 Å². The van der Waals surface area contributed by atoms with Crippen molar-refractivity contribution in [2.75, 3.05) is 13.2 Å². The average molecular weight is 1180 g/mol. The predicted molar refractivity (Wildman–Crippen MR) is 370 cm³/mol. The van der Waals surface area contributed by atoms with E-state index in [2.05, 4.69) is 67.8 Å². The highest BCUT2D eigenvalue weighted by Gasteiger charge is 2.18. The Kier molecular flexibility index (Phi) is 70.9. The van der Waals surface area contributed by atoms with Crippen LogP contribution in [0.5, 0.6) is 0 Å². The fourth-order valence-corrected chi connectivity index (χ4v) is 11.5. The summed E-state index contributed by atoms with van der Waals surface area (Å²) in [6.07, 6.45) is 97.5. The number of unbranched alkanes of at least 4 members (excludes halogenated alkanes) is 51. The van der Waals surface area contributed by atoms with Crippen LogP contribution in [0.15, 0.2) is 60.8 Å². The monoisotopic (exact) mass is 1180 g/mol. The van der Waals surface area contributed by atoms with Gasteiger partial charge in [0.15, 0.2) is 0 Å². The number of aliphatic hydroxyl groups is 2. The van der Waals surface area contributed by atoms with E-state index in [1.54, 1.807) is 6.08 Å². The van der Waals surface area contributed by atoms with Crippen LogP contribution >= 0.6 is 0 Å². The lowest BCUT2D eigenvalue weighted by molar-refractivity contribution is -0.143. The van der Waals surface area contributed by atoms with Crippen LogP contribution in [0, 0.1) is 0 Å². The fraction of sp³-hybridized carbons (Fsp3) is 0.846. The van der Waals surface area contributed by atoms with Crippen LogP contribution < -0.4 is 5.32 Å². The molecule has 0 heterocycles. The molecule has 0 rings (SSSR count). The first-order chi connectivity index (χ1) is 41.5. The van der Waals surface area contributed by atoms with E-state index < -0.39 is 12.1 Å². The molecule has 0 aliphatic heterocycles. The van der Waals surface area contributed by atoms with Crippen molar-refractivity contribution in [1.29, 1.82) is 0 Å². The van der Waals surface area contributed by atoms with Gasteiger partial charge >= 0.3 is 5.97 Å². The Morgan fingerprint density at radius 2 is 0.607 bits per heavy atom. The van der Waals surface area contributed by atoms with Crippen LogP contribution in [0.25, 0.3) is 0 Å². The molecule has 0 aliphatic carbocycles. The topological polar surface area (TPSA) is 95.9 Å². The summed E-state index contributed by atoms with van der Waals surface area (Å²) < 4.78 is 5.48. The zero-order chi connectivity index (χ0) is 60.6. The molecule has 0 aromatic heterocycles. The van der Waals surface area contributed by atoms with Crippen LogP contribution in [-0.2, 0) is 14.3 Å². The van der Waals surface area contributed by atoms with E-state index in [4.69, 9.17) is 4.74 Å². The highest BCUT2D eigenvalue weighted by Crippen LogP contribution is 2.18. The molecule has 84 heavy (non-hydrogen) atoms. The van der Waals surface area contributed by atoms with Gasteiger partial charge in [-0.25, -0.2) is 0 Å². The number of allylic oxidation sites excluding steroid dienone is 9. The lowest BCUT2D eigenvalue weighted by Gasteiger charge is -2.20. The molecule has 0 saturated carbocycles. The van der Waals surface area contributed by atoms with E-state index in [1.165, 1.54) is 315 Å². The van der Waals surface area contributed by atoms with Crippen LogP contribution in [0.3, 0.4) is 0 Å². The highest BCUT2D eigenvalue weighted by atomic mass is 16.5. The third kappa shape index (κ3) is 68.7. The SMILES string of the molecule is CCCC/C=C\C/C=C\CCCCCCCC(=O)OCCCCCCCCCCC/C=C\C/C=C\CCCCCCCCCCCCCCCCCC(=O)NC(CO)C(O)/C=C/CCCCCCCCCCCCCCCCCCCCCC. The largest absolute Gasteiger partial charge is 0.466 e. The number of aliphatic hydroxyl groups excluding tert-OH is 2. The third-order valence-electron chi connectivity index (χ3n) is 17.3. The van der Waals surface area contributed by atoms with Gasteiger partial charge in [-0.2, -0.15) is 0 Å². The first-order valence-corrected chi connectivity index (χ1v) is 37.6. The fourth-order valence-electron chi connectivity index (χ4n) is 11.5. The maximum Gasteiger partial charge on any atom is 0.305 e. The molecule has 0 radical (unpaired) electrons. The van der Waals surface area contributed by atoms with Crippen LogP contribution in [0.2, 0.25) is 0 Å². The summed E-state index contributed by atoms with van der Waals surface area (Å²) in [5.74, 6) is -0.0657. The summed E-state index contributed by atoms with van der Waals surface area (Å²) in [6.45, 7) is 4.89. The van der Waals surface area contributed by atoms with Crippen LogP contribution in [0.4, 0.5) is 0 Å². The lowest BCUT2D eigenvalue weighted by Crippen LogP contribution is -2.45. The Bertz CT molecular complexity index is 1450. The molecular formula is C78H145NO5. The Hall–Kier alpha value is -2.44. The smallest absolute Gasteiger partial charge is 0.305 e. The van der Waals surface area contributed by atoms with Gasteiger partial charge in [0.2, 0.25) is 5.91 Å². The molecule has 0 aromatic rings. The normalized spacial score (nSPS) is 12.9. The van der Waals surface area contributed by atoms with Crippen molar-refractivity contribution in [1.82, 2.24) is 5.32 Å². The minimum Gasteiger partial charge on any atom is -0.466 e. The average Bonchev–Trinajstić information content (AvgIpc) is 3.51. The Balaban J connectivity index is 3.43. The number of hydrogen-bond acceptors (Lipinski definition) is 5. The molecule has 0 saturated heterocycles. The van der Waals surface area contributed by atoms with Crippen molar-refractivity contribution < 1.29 is 24.5 Å². The Morgan fingerprint density at radius 3 is 0.940 bits per heavy atom. The molecule has 1 amide bonds. The van der Waals surface area contributed by atoms with E-state index in [1.807, 2.05) is 6.08 Å². The van der Waals surface area contributed by atoms with E-state index in [0.717, 1.165) is 57.8 Å². The Morgan fingerprint density at radius 1 is 0.333 bits per heavy atom. The first-order valence-electron chi connectivity index (χ1n) is 37.6. The summed E-state index contributed by atoms with van der Waals surface area (Å²) in [5.41, 5.74) is 0. The standard InChI is InChI=1S/C78H145NO5/c1-3-5-7-9-11-13-15-17-19-20-21-22-34-37-40-43-46-50-54-58-62-66-70-76(81)75(74-80)79-77(82)71-67-63-59-55-51-47-44-41-38-35-32-30-28-26-24-23-25-27-29-31-33-36-39-42-45-49-53-57-61-65-69-73-84-78(83)72-68-64-60-56-52-48-18-16-14-12-10-8-6-4-2/h10,12,16,18,25,27,31,33,66,70,75-76,80-81H,3-9,11,13-15,17,19-24,26,28-30,32,34-65,67-69,71-74H2,1-2H3,(H,79,82)/b12-10-,18-16-,27-25-,33-31-,70-66+. The maximum absolute atomic E-state index is 12.5. The van der Waals surface area contributed by atoms with Gasteiger partial charge in [-0.3, -0.25) is 9.59 Å². The van der Waals surface area contributed by atoms with Crippen LogP contribution in [-0.4, -0.2) is 47.4 Å². The summed E-state index contributed by atoms with van der Waals surface area (Å²) >= 11 is 0. The number of nitrogens with one attached hydrogen (secondary N) is 1. The van der Waals surface area contributed by atoms with Gasteiger partial charge < -0.3 is 20.3 Å². The van der Waals surface area contributed by atoms with Crippen molar-refractivity contribution in [3.05, 3.63) is 60.8 Å². The molecule has 6 nitrogen and oxygen atoms in total. The zero-order valence-electron chi connectivity index (χ0n) is 56.4. The van der Waals surface area contributed by atoms with Gasteiger partial charge in [0.05, 0.1) is 25.4 Å². The number of esters is 1. The molecule has 0 aliphatic rings. The quantitative estimate of drug-likeness (QED) is 0.0320. The number of carbonyl (C=O) groups is 2. The molecule has 0 aromatic carbocycles. The highest BCUT2D eigenvalue weighted by molar-refractivity contribution is 5.76. The molecule has 0 fully saturated rings. The van der Waals surface area contributed by atoms with E-state index >= 15 is 0 Å². The summed E-state index contributed by atoms with van der Waals surface area (Å²) in [6, 6.07) is -0.630. The number of rotatable bonds is 70. The minimum atomic E-state index is -0.846. The number of ether oxygens (including phenoxy) is 1.